The number of nitrogens with zero attached hydrogens (tertiary/aromatic N) is 7. The molecule has 33 heavy (non-hydrogen) atoms. The van der Waals surface area contributed by atoms with E-state index < -0.39 is 0 Å². The Morgan fingerprint density at radius 3 is 2.24 bits per heavy atom. The molecule has 0 aliphatic carbocycles. The maximum absolute atomic E-state index is 6.54. The summed E-state index contributed by atoms with van der Waals surface area (Å²) >= 11 is 14.1. The van der Waals surface area contributed by atoms with Gasteiger partial charge < -0.3 is 4.57 Å². The van der Waals surface area contributed by atoms with E-state index in [-0.39, 0.29) is 0 Å². The van der Waals surface area contributed by atoms with E-state index in [2.05, 4.69) is 25.4 Å². The molecule has 0 radical (unpaired) electrons. The Balaban J connectivity index is 1.48. The van der Waals surface area contributed by atoms with Gasteiger partial charge in [-0.05, 0) is 48.5 Å². The van der Waals surface area contributed by atoms with Crippen LogP contribution in [0.5, 0.6) is 0 Å². The highest BCUT2D eigenvalue weighted by Crippen LogP contribution is 2.32. The molecule has 2 aromatic carbocycles. The number of pyridine rings is 1. The number of thioether (sulfide) groups is 1. The Morgan fingerprint density at radius 1 is 0.788 bits per heavy atom. The van der Waals surface area contributed by atoms with Crippen LogP contribution in [-0.2, 0) is 12.8 Å². The molecular weight excluding hydrogens is 477 g/mol. The molecular formula is C23H17Cl2N7S. The Labute approximate surface area is 204 Å². The summed E-state index contributed by atoms with van der Waals surface area (Å²) < 4.78 is 3.93. The number of halogens is 2. The van der Waals surface area contributed by atoms with Crippen LogP contribution in [0.25, 0.3) is 28.5 Å². The minimum absolute atomic E-state index is 0.552. The predicted octanol–water partition coefficient (Wildman–Crippen LogP) is 5.72. The number of hydrogen-bond donors (Lipinski definition) is 0. The van der Waals surface area contributed by atoms with Crippen molar-refractivity contribution in [3.8, 4) is 28.5 Å². The van der Waals surface area contributed by atoms with Gasteiger partial charge in [-0.15, -0.1) is 20.4 Å². The van der Waals surface area contributed by atoms with E-state index in [1.54, 1.807) is 12.4 Å². The first-order valence-electron chi connectivity index (χ1n) is 9.99. The van der Waals surface area contributed by atoms with E-state index in [0.717, 1.165) is 28.5 Å². The number of benzene rings is 2. The van der Waals surface area contributed by atoms with Gasteiger partial charge in [-0.3, -0.25) is 9.55 Å². The molecule has 0 saturated carbocycles. The van der Waals surface area contributed by atoms with Crippen LogP contribution in [0.4, 0.5) is 0 Å². The number of rotatable bonds is 6. The normalized spacial score (nSPS) is 11.1. The average molecular weight is 494 g/mol. The standard InChI is InChI=1S/C23H17Cl2N7S/c1-31-20(27-28-21(31)15-6-8-17(24)9-7-15)14-33-23-30-29-22(16-10-12-26-13-11-16)32(23)19-5-3-2-4-18(19)25/h2-13H,14H2,1H3. The van der Waals surface area contributed by atoms with Gasteiger partial charge in [0, 0.05) is 35.6 Å². The number of hydrogen-bond acceptors (Lipinski definition) is 6. The third kappa shape index (κ3) is 4.37. The average Bonchev–Trinajstić information content (AvgIpc) is 3.42. The SMILES string of the molecule is Cn1c(CSc2nnc(-c3ccncc3)n2-c2ccccc2Cl)nnc1-c1ccc(Cl)cc1. The summed E-state index contributed by atoms with van der Waals surface area (Å²) in [6.07, 6.45) is 3.46. The van der Waals surface area contributed by atoms with Crippen LogP contribution in [0.3, 0.4) is 0 Å². The molecule has 5 rings (SSSR count). The lowest BCUT2D eigenvalue weighted by atomic mass is 10.2. The lowest BCUT2D eigenvalue weighted by Crippen LogP contribution is -2.02. The second kappa shape index (κ2) is 9.35. The van der Waals surface area contributed by atoms with Crippen LogP contribution in [0.15, 0.2) is 78.2 Å². The maximum atomic E-state index is 6.54. The minimum atomic E-state index is 0.552. The van der Waals surface area contributed by atoms with Gasteiger partial charge in [-0.25, -0.2) is 0 Å². The fourth-order valence-corrected chi connectivity index (χ4v) is 4.64. The van der Waals surface area contributed by atoms with E-state index >= 15 is 0 Å². The highest BCUT2D eigenvalue weighted by atomic mass is 35.5. The van der Waals surface area contributed by atoms with Crippen molar-refractivity contribution in [2.24, 2.45) is 7.05 Å². The molecule has 0 aliphatic heterocycles. The van der Waals surface area contributed by atoms with Crippen molar-refractivity contribution in [2.75, 3.05) is 0 Å². The highest BCUT2D eigenvalue weighted by Gasteiger charge is 2.19. The molecule has 10 heteroatoms. The molecule has 3 heterocycles. The summed E-state index contributed by atoms with van der Waals surface area (Å²) in [4.78, 5) is 4.10. The zero-order chi connectivity index (χ0) is 22.8. The van der Waals surface area contributed by atoms with Crippen LogP contribution in [0, 0.1) is 0 Å². The maximum Gasteiger partial charge on any atom is 0.196 e. The molecule has 0 aliphatic rings. The van der Waals surface area contributed by atoms with Gasteiger partial charge in [0.15, 0.2) is 16.8 Å². The van der Waals surface area contributed by atoms with Crippen molar-refractivity contribution < 1.29 is 0 Å². The fourth-order valence-electron chi connectivity index (χ4n) is 3.37. The van der Waals surface area contributed by atoms with Crippen LogP contribution in [0.2, 0.25) is 10.0 Å². The topological polar surface area (TPSA) is 74.3 Å². The summed E-state index contributed by atoms with van der Waals surface area (Å²) in [6.45, 7) is 0. The minimum Gasteiger partial charge on any atom is -0.313 e. The van der Waals surface area contributed by atoms with Crippen LogP contribution in [-0.4, -0.2) is 34.5 Å². The monoisotopic (exact) mass is 493 g/mol. The molecule has 0 atom stereocenters. The van der Waals surface area contributed by atoms with Gasteiger partial charge in [0.25, 0.3) is 0 Å². The van der Waals surface area contributed by atoms with Crippen molar-refractivity contribution in [2.45, 2.75) is 10.9 Å². The predicted molar refractivity (Wildman–Crippen MR) is 131 cm³/mol. The van der Waals surface area contributed by atoms with Crippen LogP contribution >= 0.6 is 35.0 Å². The molecule has 3 aromatic heterocycles. The van der Waals surface area contributed by atoms with Gasteiger partial charge in [-0.2, -0.15) is 0 Å². The summed E-state index contributed by atoms with van der Waals surface area (Å²) in [5.74, 6) is 2.82. The van der Waals surface area contributed by atoms with Crippen molar-refractivity contribution >= 4 is 35.0 Å². The summed E-state index contributed by atoms with van der Waals surface area (Å²) in [5.41, 5.74) is 2.65. The van der Waals surface area contributed by atoms with Gasteiger partial charge in [-0.1, -0.05) is 47.1 Å². The smallest absolute Gasteiger partial charge is 0.196 e. The first-order chi connectivity index (χ1) is 16.1. The second-order valence-electron chi connectivity index (χ2n) is 7.12. The Morgan fingerprint density at radius 2 is 1.48 bits per heavy atom. The Bertz CT molecular complexity index is 1400. The second-order valence-corrected chi connectivity index (χ2v) is 8.91. The summed E-state index contributed by atoms with van der Waals surface area (Å²) in [6, 6.07) is 19.0. The summed E-state index contributed by atoms with van der Waals surface area (Å²) in [7, 11) is 1.95. The molecule has 0 bridgehead atoms. The molecule has 0 N–H and O–H groups in total. The summed E-state index contributed by atoms with van der Waals surface area (Å²) in [5, 5.41) is 19.6. The molecule has 0 amide bonds. The number of aromatic nitrogens is 7. The van der Waals surface area contributed by atoms with Gasteiger partial charge in [0.05, 0.1) is 16.5 Å². The Hall–Kier alpha value is -3.20. The largest absolute Gasteiger partial charge is 0.313 e. The molecule has 0 fully saturated rings. The molecule has 0 saturated heterocycles. The first-order valence-corrected chi connectivity index (χ1v) is 11.7. The van der Waals surface area contributed by atoms with Crippen molar-refractivity contribution in [3.05, 3.63) is 88.9 Å². The third-order valence-corrected chi connectivity index (χ3v) is 6.56. The van der Waals surface area contributed by atoms with Gasteiger partial charge in [0.1, 0.15) is 5.82 Å². The number of para-hydroxylation sites is 1. The van der Waals surface area contributed by atoms with Crippen molar-refractivity contribution in [3.63, 3.8) is 0 Å². The Kier molecular flexibility index (Phi) is 6.13. The van der Waals surface area contributed by atoms with E-state index in [1.165, 1.54) is 11.8 Å². The molecule has 5 aromatic rings. The van der Waals surface area contributed by atoms with Crippen molar-refractivity contribution in [1.82, 2.24) is 34.5 Å². The quantitative estimate of drug-likeness (QED) is 0.281. The van der Waals surface area contributed by atoms with E-state index in [9.17, 15) is 0 Å². The van der Waals surface area contributed by atoms with E-state index in [1.807, 2.05) is 76.8 Å². The lowest BCUT2D eigenvalue weighted by molar-refractivity contribution is 0.846. The van der Waals surface area contributed by atoms with Gasteiger partial charge in [0.2, 0.25) is 0 Å². The highest BCUT2D eigenvalue weighted by molar-refractivity contribution is 7.98. The van der Waals surface area contributed by atoms with Crippen LogP contribution in [0.1, 0.15) is 5.82 Å². The lowest BCUT2D eigenvalue weighted by Gasteiger charge is -2.12. The molecule has 164 valence electrons. The fraction of sp³-hybridized carbons (Fsp3) is 0.0870. The molecule has 0 unspecified atom stereocenters. The van der Waals surface area contributed by atoms with Crippen molar-refractivity contribution in [1.29, 1.82) is 0 Å². The van der Waals surface area contributed by atoms with E-state index in [4.69, 9.17) is 23.2 Å². The zero-order valence-corrected chi connectivity index (χ0v) is 19.8. The van der Waals surface area contributed by atoms with E-state index in [0.29, 0.717) is 26.8 Å². The first kappa shape index (κ1) is 21.6. The third-order valence-electron chi connectivity index (χ3n) is 5.06. The molecule has 0 spiro atoms. The van der Waals surface area contributed by atoms with Gasteiger partial charge >= 0.3 is 0 Å². The zero-order valence-electron chi connectivity index (χ0n) is 17.4. The molecule has 7 nitrogen and oxygen atoms in total. The van der Waals surface area contributed by atoms with Crippen LogP contribution < -0.4 is 0 Å².